The van der Waals surface area contributed by atoms with Gasteiger partial charge in [0.25, 0.3) is 11.6 Å². The molecule has 1 aromatic carbocycles. The fraction of sp³-hybridized carbons (Fsp3) is 0.417. The summed E-state index contributed by atoms with van der Waals surface area (Å²) in [4.78, 5) is 24.4. The zero-order chi connectivity index (χ0) is 14.0. The van der Waals surface area contributed by atoms with E-state index in [-0.39, 0.29) is 28.2 Å². The first kappa shape index (κ1) is 13.8. The van der Waals surface area contributed by atoms with Crippen molar-refractivity contribution >= 4 is 23.2 Å². The predicted molar refractivity (Wildman–Crippen MR) is 71.5 cm³/mol. The van der Waals surface area contributed by atoms with E-state index in [1.54, 1.807) is 4.90 Å². The molecule has 0 unspecified atom stereocenters. The first-order valence-electron chi connectivity index (χ1n) is 5.95. The molecule has 19 heavy (non-hydrogen) atoms. The number of carbonyl (C=O) groups is 1. The molecular weight excluding hydrogens is 270 g/mol. The second-order valence-electron chi connectivity index (χ2n) is 4.52. The van der Waals surface area contributed by atoms with Gasteiger partial charge in [0.2, 0.25) is 0 Å². The molecule has 0 aromatic heterocycles. The van der Waals surface area contributed by atoms with Crippen LogP contribution < -0.4 is 5.32 Å². The van der Waals surface area contributed by atoms with Gasteiger partial charge < -0.3 is 10.2 Å². The molecule has 6 nitrogen and oxygen atoms in total. The third-order valence-electron chi connectivity index (χ3n) is 3.04. The molecule has 1 amide bonds. The summed E-state index contributed by atoms with van der Waals surface area (Å²) in [5.74, 6) is -0.322. The number of rotatable bonds is 2. The highest BCUT2D eigenvalue weighted by atomic mass is 35.5. The van der Waals surface area contributed by atoms with E-state index < -0.39 is 4.92 Å². The molecule has 1 atom stereocenters. The van der Waals surface area contributed by atoms with Gasteiger partial charge in [-0.15, -0.1) is 0 Å². The predicted octanol–water partition coefficient (Wildman–Crippen LogP) is 1.68. The lowest BCUT2D eigenvalue weighted by molar-refractivity contribution is -0.385. The molecule has 1 fully saturated rings. The van der Waals surface area contributed by atoms with Crippen LogP contribution in [0.5, 0.6) is 0 Å². The van der Waals surface area contributed by atoms with E-state index in [9.17, 15) is 14.9 Å². The fourth-order valence-electron chi connectivity index (χ4n) is 2.12. The quantitative estimate of drug-likeness (QED) is 0.662. The molecule has 0 saturated carbocycles. The van der Waals surface area contributed by atoms with E-state index in [1.807, 2.05) is 6.92 Å². The van der Waals surface area contributed by atoms with Crippen LogP contribution in [-0.4, -0.2) is 41.4 Å². The van der Waals surface area contributed by atoms with E-state index in [2.05, 4.69) is 5.32 Å². The van der Waals surface area contributed by atoms with Gasteiger partial charge in [0.1, 0.15) is 5.56 Å². The molecule has 1 heterocycles. The Morgan fingerprint density at radius 1 is 1.58 bits per heavy atom. The number of nitrogens with zero attached hydrogens (tertiary/aromatic N) is 2. The van der Waals surface area contributed by atoms with Gasteiger partial charge >= 0.3 is 0 Å². The number of hydrogen-bond acceptors (Lipinski definition) is 4. The summed E-state index contributed by atoms with van der Waals surface area (Å²) in [6.45, 7) is 3.74. The molecule has 0 aliphatic carbocycles. The summed E-state index contributed by atoms with van der Waals surface area (Å²) in [7, 11) is 0. The van der Waals surface area contributed by atoms with Gasteiger partial charge in [-0.25, -0.2) is 0 Å². The molecule has 102 valence electrons. The first-order chi connectivity index (χ1) is 8.99. The van der Waals surface area contributed by atoms with Gasteiger partial charge in [0.15, 0.2) is 0 Å². The van der Waals surface area contributed by atoms with Gasteiger partial charge in [0.05, 0.1) is 4.92 Å². The van der Waals surface area contributed by atoms with Crippen molar-refractivity contribution in [2.45, 2.75) is 13.0 Å². The minimum atomic E-state index is -0.579. The Morgan fingerprint density at radius 3 is 2.95 bits per heavy atom. The Kier molecular flexibility index (Phi) is 4.01. The maximum absolute atomic E-state index is 12.3. The molecule has 1 aromatic rings. The van der Waals surface area contributed by atoms with Crippen molar-refractivity contribution in [3.8, 4) is 0 Å². The van der Waals surface area contributed by atoms with E-state index in [0.29, 0.717) is 19.6 Å². The van der Waals surface area contributed by atoms with Crippen LogP contribution in [0.4, 0.5) is 5.69 Å². The van der Waals surface area contributed by atoms with Crippen molar-refractivity contribution in [3.05, 3.63) is 38.9 Å². The Balaban J connectivity index is 2.30. The highest BCUT2D eigenvalue weighted by Crippen LogP contribution is 2.24. The summed E-state index contributed by atoms with van der Waals surface area (Å²) in [5, 5.41) is 14.5. The van der Waals surface area contributed by atoms with Gasteiger partial charge in [0, 0.05) is 36.8 Å². The van der Waals surface area contributed by atoms with Crippen molar-refractivity contribution in [3.63, 3.8) is 0 Å². The Hall–Kier alpha value is -1.66. The summed E-state index contributed by atoms with van der Waals surface area (Å²) in [6, 6.07) is 4.30. The van der Waals surface area contributed by atoms with E-state index >= 15 is 0 Å². The van der Waals surface area contributed by atoms with Crippen molar-refractivity contribution in [1.82, 2.24) is 10.2 Å². The van der Waals surface area contributed by atoms with Gasteiger partial charge in [-0.1, -0.05) is 11.6 Å². The third kappa shape index (κ3) is 3.02. The van der Waals surface area contributed by atoms with E-state index in [0.717, 1.165) is 0 Å². The number of benzene rings is 1. The summed E-state index contributed by atoms with van der Waals surface area (Å²) in [5.41, 5.74) is -0.160. The summed E-state index contributed by atoms with van der Waals surface area (Å²) in [6.07, 6.45) is 0. The fourth-order valence-corrected chi connectivity index (χ4v) is 2.29. The van der Waals surface area contributed by atoms with Gasteiger partial charge in [-0.3, -0.25) is 14.9 Å². The number of hydrogen-bond donors (Lipinski definition) is 1. The highest BCUT2D eigenvalue weighted by molar-refractivity contribution is 6.31. The van der Waals surface area contributed by atoms with Crippen LogP contribution in [-0.2, 0) is 0 Å². The van der Waals surface area contributed by atoms with Crippen LogP contribution in [0.3, 0.4) is 0 Å². The first-order valence-corrected chi connectivity index (χ1v) is 6.33. The second kappa shape index (κ2) is 5.54. The average Bonchev–Trinajstić information content (AvgIpc) is 2.37. The number of carbonyl (C=O) groups excluding carboxylic acids is 1. The number of nitrogens with one attached hydrogen (secondary N) is 1. The van der Waals surface area contributed by atoms with E-state index in [1.165, 1.54) is 18.2 Å². The minimum absolute atomic E-state index is 0.0866. The largest absolute Gasteiger partial charge is 0.336 e. The van der Waals surface area contributed by atoms with Crippen LogP contribution in [0, 0.1) is 10.1 Å². The monoisotopic (exact) mass is 283 g/mol. The average molecular weight is 284 g/mol. The smallest absolute Gasteiger partial charge is 0.283 e. The normalized spacial score (nSPS) is 19.3. The second-order valence-corrected chi connectivity index (χ2v) is 4.96. The van der Waals surface area contributed by atoms with Crippen LogP contribution in [0.25, 0.3) is 0 Å². The van der Waals surface area contributed by atoms with Crippen molar-refractivity contribution in [2.75, 3.05) is 19.6 Å². The molecule has 1 N–H and O–H groups in total. The molecule has 1 saturated heterocycles. The van der Waals surface area contributed by atoms with Gasteiger partial charge in [-0.05, 0) is 19.1 Å². The zero-order valence-electron chi connectivity index (χ0n) is 10.4. The lowest BCUT2D eigenvalue weighted by Gasteiger charge is -2.31. The maximum Gasteiger partial charge on any atom is 0.283 e. The molecule has 0 bridgehead atoms. The molecule has 1 aliphatic rings. The van der Waals surface area contributed by atoms with Crippen LogP contribution in [0.1, 0.15) is 17.3 Å². The lowest BCUT2D eigenvalue weighted by Crippen LogP contribution is -2.51. The number of piperazine rings is 1. The molecule has 0 spiro atoms. The van der Waals surface area contributed by atoms with Crippen molar-refractivity contribution in [1.29, 1.82) is 0 Å². The van der Waals surface area contributed by atoms with E-state index in [4.69, 9.17) is 11.6 Å². The number of amides is 1. The summed E-state index contributed by atoms with van der Waals surface area (Å²) >= 11 is 5.74. The molecule has 1 aliphatic heterocycles. The van der Waals surface area contributed by atoms with Crippen LogP contribution in [0.15, 0.2) is 18.2 Å². The molecule has 0 radical (unpaired) electrons. The molecular formula is C12H14ClN3O3. The summed E-state index contributed by atoms with van der Waals surface area (Å²) < 4.78 is 0. The SMILES string of the molecule is C[C@@H]1CN(C(=O)c2ccc(Cl)cc2[N+](=O)[O-])CCN1. The number of nitro benzene ring substituents is 1. The zero-order valence-corrected chi connectivity index (χ0v) is 11.2. The maximum atomic E-state index is 12.3. The van der Waals surface area contributed by atoms with Crippen LogP contribution >= 0.6 is 11.6 Å². The minimum Gasteiger partial charge on any atom is -0.336 e. The van der Waals surface area contributed by atoms with Crippen molar-refractivity contribution < 1.29 is 9.72 Å². The van der Waals surface area contributed by atoms with Crippen molar-refractivity contribution in [2.24, 2.45) is 0 Å². The lowest BCUT2D eigenvalue weighted by atomic mass is 10.1. The third-order valence-corrected chi connectivity index (χ3v) is 3.28. The Bertz CT molecular complexity index is 521. The topological polar surface area (TPSA) is 75.5 Å². The van der Waals surface area contributed by atoms with Crippen LogP contribution in [0.2, 0.25) is 5.02 Å². The highest BCUT2D eigenvalue weighted by Gasteiger charge is 2.27. The van der Waals surface area contributed by atoms with Gasteiger partial charge in [-0.2, -0.15) is 0 Å². The number of halogens is 1. The molecule has 7 heteroatoms. The Morgan fingerprint density at radius 2 is 2.32 bits per heavy atom. The molecule has 2 rings (SSSR count). The standard InChI is InChI=1S/C12H14ClN3O3/c1-8-7-15(5-4-14-8)12(17)10-3-2-9(13)6-11(10)16(18)19/h2-3,6,8,14H,4-5,7H2,1H3/t8-/m1/s1. The Labute approximate surface area is 115 Å². The number of nitro groups is 1.